The number of rotatable bonds is 7. The van der Waals surface area contributed by atoms with Crippen LogP contribution < -0.4 is 10.6 Å². The molecule has 10 heteroatoms. The Labute approximate surface area is 197 Å². The van der Waals surface area contributed by atoms with E-state index in [9.17, 15) is 14.4 Å². The molecule has 2 aliphatic rings. The summed E-state index contributed by atoms with van der Waals surface area (Å²) in [5.41, 5.74) is 3.24. The SMILES string of the molecule is O=C1CCC(N2Cc3c(NCc4cnn(CC[CH-]O)c4)cccc3C2=O)C(=O)N1.[U]. The molecule has 1 unspecified atom stereocenters. The largest absolute Gasteiger partial charge is 0.566 e. The Morgan fingerprint density at radius 3 is 2.90 bits per heavy atom. The number of nitrogens with one attached hydrogen (secondary N) is 2. The number of anilines is 1. The number of hydrogen-bond acceptors (Lipinski definition) is 6. The minimum absolute atomic E-state index is 0. The Hall–Kier alpha value is -2.15. The van der Waals surface area contributed by atoms with E-state index in [0.717, 1.165) is 23.4 Å². The van der Waals surface area contributed by atoms with Gasteiger partial charge < -0.3 is 15.3 Å². The van der Waals surface area contributed by atoms with Crippen molar-refractivity contribution < 1.29 is 50.6 Å². The summed E-state index contributed by atoms with van der Waals surface area (Å²) in [4.78, 5) is 38.0. The van der Waals surface area contributed by atoms with Gasteiger partial charge in [-0.05, 0) is 18.6 Å². The zero-order valence-electron chi connectivity index (χ0n) is 16.3. The van der Waals surface area contributed by atoms with Crippen LogP contribution in [-0.4, -0.2) is 43.6 Å². The Morgan fingerprint density at radius 2 is 2.13 bits per heavy atom. The van der Waals surface area contributed by atoms with Crippen LogP contribution in [0.1, 0.15) is 40.7 Å². The van der Waals surface area contributed by atoms with Gasteiger partial charge in [0.1, 0.15) is 6.04 Å². The molecule has 3 N–H and O–H groups in total. The Balaban J connectivity index is 0.00000256. The standard InChI is InChI=1S/C20H22N5O4.U/c26-8-2-7-24-11-13(10-22-24)9-21-16-4-1-3-14-15(16)12-25(20(14)29)17-5-6-18(27)23-19(17)28;/h1,3-4,8,10-11,17,21,26H,2,5-7,9,12H2,(H,23,27,28);/q-1;. The summed E-state index contributed by atoms with van der Waals surface area (Å²) in [5, 5.41) is 18.7. The first-order valence-corrected chi connectivity index (χ1v) is 9.54. The number of benzene rings is 1. The van der Waals surface area contributed by atoms with Crippen molar-refractivity contribution >= 4 is 23.4 Å². The van der Waals surface area contributed by atoms with Gasteiger partial charge in [-0.3, -0.25) is 24.4 Å². The average Bonchev–Trinajstić information content (AvgIpc) is 3.30. The van der Waals surface area contributed by atoms with Crippen LogP contribution in [0.15, 0.2) is 30.6 Å². The number of amides is 3. The monoisotopic (exact) mass is 634 g/mol. The fourth-order valence-corrected chi connectivity index (χ4v) is 3.76. The predicted molar refractivity (Wildman–Crippen MR) is 103 cm³/mol. The van der Waals surface area contributed by atoms with Crippen LogP contribution >= 0.6 is 0 Å². The average molecular weight is 634 g/mol. The first-order chi connectivity index (χ1) is 14.1. The van der Waals surface area contributed by atoms with E-state index in [-0.39, 0.29) is 49.3 Å². The van der Waals surface area contributed by atoms with E-state index >= 15 is 0 Å². The smallest absolute Gasteiger partial charge is 0.255 e. The molecule has 0 aliphatic carbocycles. The number of carbonyl (C=O) groups is 3. The molecule has 2 aliphatic heterocycles. The summed E-state index contributed by atoms with van der Waals surface area (Å²) in [6.07, 6.45) is 4.77. The second kappa shape index (κ2) is 9.77. The van der Waals surface area contributed by atoms with Gasteiger partial charge in [-0.25, -0.2) is 6.61 Å². The van der Waals surface area contributed by atoms with Crippen molar-refractivity contribution in [1.29, 1.82) is 0 Å². The van der Waals surface area contributed by atoms with E-state index < -0.39 is 11.9 Å². The third-order valence-electron chi connectivity index (χ3n) is 5.24. The topological polar surface area (TPSA) is 117 Å². The maximum Gasteiger partial charge on any atom is 0.255 e. The van der Waals surface area contributed by atoms with E-state index in [0.29, 0.717) is 38.0 Å². The Morgan fingerprint density at radius 1 is 1.30 bits per heavy atom. The number of aliphatic hydroxyl groups is 1. The fourth-order valence-electron chi connectivity index (χ4n) is 3.76. The van der Waals surface area contributed by atoms with Crippen LogP contribution in [0.25, 0.3) is 0 Å². The molecule has 4 rings (SSSR count). The van der Waals surface area contributed by atoms with Crippen LogP contribution in [0.3, 0.4) is 0 Å². The third-order valence-corrected chi connectivity index (χ3v) is 5.24. The molecule has 1 atom stereocenters. The van der Waals surface area contributed by atoms with Gasteiger partial charge in [-0.1, -0.05) is 6.07 Å². The molecular formula is C20H22N5O4U-. The van der Waals surface area contributed by atoms with Gasteiger partial charge in [0, 0.05) is 85.7 Å². The van der Waals surface area contributed by atoms with Gasteiger partial charge in [0.05, 0.1) is 6.20 Å². The molecule has 0 bridgehead atoms. The molecular weight excluding hydrogens is 612 g/mol. The maximum atomic E-state index is 12.8. The molecule has 1 aromatic heterocycles. The normalized spacial score (nSPS) is 18.1. The minimum atomic E-state index is -0.623. The van der Waals surface area contributed by atoms with E-state index in [2.05, 4.69) is 15.7 Å². The number of imide groups is 1. The summed E-state index contributed by atoms with van der Waals surface area (Å²) in [6, 6.07) is 4.86. The quantitative estimate of drug-likeness (QED) is 0.312. The van der Waals surface area contributed by atoms with Gasteiger partial charge in [0.25, 0.3) is 5.91 Å². The summed E-state index contributed by atoms with van der Waals surface area (Å²) in [5.74, 6) is -0.897. The first-order valence-electron chi connectivity index (χ1n) is 9.54. The zero-order chi connectivity index (χ0) is 20.4. The summed E-state index contributed by atoms with van der Waals surface area (Å²) < 4.78 is 1.76. The van der Waals surface area contributed by atoms with Gasteiger partial charge in [-0.2, -0.15) is 5.10 Å². The molecule has 156 valence electrons. The first kappa shape index (κ1) is 22.5. The van der Waals surface area contributed by atoms with Crippen molar-refractivity contribution in [3.05, 3.63) is 53.9 Å². The van der Waals surface area contributed by atoms with E-state index in [1.807, 2.05) is 18.3 Å². The molecule has 0 spiro atoms. The summed E-state index contributed by atoms with van der Waals surface area (Å²) >= 11 is 0. The number of fused-ring (bicyclic) bond motifs is 1. The van der Waals surface area contributed by atoms with Crippen molar-refractivity contribution in [2.24, 2.45) is 0 Å². The van der Waals surface area contributed by atoms with Crippen LogP contribution in [-0.2, 0) is 29.2 Å². The number of hydrogen-bond donors (Lipinski definition) is 3. The van der Waals surface area contributed by atoms with Crippen molar-refractivity contribution in [3.8, 4) is 0 Å². The van der Waals surface area contributed by atoms with Gasteiger partial charge in [0.2, 0.25) is 11.8 Å². The van der Waals surface area contributed by atoms with E-state index in [1.54, 1.807) is 21.8 Å². The van der Waals surface area contributed by atoms with Crippen LogP contribution in [0.2, 0.25) is 0 Å². The van der Waals surface area contributed by atoms with Crippen LogP contribution in [0, 0.1) is 37.7 Å². The number of aromatic nitrogens is 2. The van der Waals surface area contributed by atoms with Crippen LogP contribution in [0.4, 0.5) is 5.69 Å². The number of piperidine rings is 1. The number of nitrogens with zero attached hydrogens (tertiary/aromatic N) is 3. The second-order valence-electron chi connectivity index (χ2n) is 7.17. The molecule has 30 heavy (non-hydrogen) atoms. The van der Waals surface area contributed by atoms with Gasteiger partial charge in [-0.15, -0.1) is 6.42 Å². The molecule has 3 heterocycles. The summed E-state index contributed by atoms with van der Waals surface area (Å²) in [7, 11) is 0. The van der Waals surface area contributed by atoms with Crippen molar-refractivity contribution in [2.75, 3.05) is 5.32 Å². The maximum absolute atomic E-state index is 12.8. The third kappa shape index (κ3) is 4.61. The number of carbonyl (C=O) groups excluding carboxylic acids is 3. The van der Waals surface area contributed by atoms with Crippen LogP contribution in [0.5, 0.6) is 0 Å². The second-order valence-corrected chi connectivity index (χ2v) is 7.17. The number of aryl methyl sites for hydroxylation is 1. The molecule has 0 radical (unpaired) electrons. The molecule has 1 aromatic carbocycles. The van der Waals surface area contributed by atoms with Crippen molar-refractivity contribution in [3.63, 3.8) is 0 Å². The predicted octanol–water partition coefficient (Wildman–Crippen LogP) is 1.18. The molecule has 0 saturated carbocycles. The van der Waals surface area contributed by atoms with Crippen molar-refractivity contribution in [2.45, 2.75) is 44.9 Å². The molecule has 2 aromatic rings. The summed E-state index contributed by atoms with van der Waals surface area (Å²) in [6.45, 7) is 2.58. The Kier molecular flexibility index (Phi) is 7.34. The van der Waals surface area contributed by atoms with Gasteiger partial charge in [0.15, 0.2) is 0 Å². The molecule has 1 fully saturated rings. The molecule has 9 nitrogen and oxygen atoms in total. The van der Waals surface area contributed by atoms with E-state index in [4.69, 9.17) is 5.11 Å². The zero-order valence-corrected chi connectivity index (χ0v) is 20.5. The van der Waals surface area contributed by atoms with Crippen molar-refractivity contribution in [1.82, 2.24) is 20.0 Å². The van der Waals surface area contributed by atoms with Gasteiger partial charge >= 0.3 is 0 Å². The Bertz CT molecular complexity index is 960. The molecule has 3 amide bonds. The molecule has 1 saturated heterocycles. The number of aliphatic hydroxyl groups excluding tert-OH is 1. The fraction of sp³-hybridized carbons (Fsp3) is 0.350. The minimum Gasteiger partial charge on any atom is -0.566 e. The van der Waals surface area contributed by atoms with E-state index in [1.165, 1.54) is 0 Å².